The average molecular weight is 512 g/mol. The van der Waals surface area contributed by atoms with Gasteiger partial charge in [0.1, 0.15) is 5.82 Å². The van der Waals surface area contributed by atoms with Crippen molar-refractivity contribution >= 4 is 10.9 Å². The molecule has 38 heavy (non-hydrogen) atoms. The molecule has 5 rings (SSSR count). The van der Waals surface area contributed by atoms with E-state index in [9.17, 15) is 9.18 Å². The van der Waals surface area contributed by atoms with Crippen LogP contribution in [-0.4, -0.2) is 35.1 Å². The first-order chi connectivity index (χ1) is 18.4. The predicted octanol–water partition coefficient (Wildman–Crippen LogP) is 4.87. The van der Waals surface area contributed by atoms with Crippen molar-refractivity contribution in [1.82, 2.24) is 35.1 Å². The van der Waals surface area contributed by atoms with Crippen molar-refractivity contribution in [2.45, 2.75) is 52.9 Å². The summed E-state index contributed by atoms with van der Waals surface area (Å²) in [5, 5.41) is 13.6. The minimum absolute atomic E-state index is 0.108. The highest BCUT2D eigenvalue weighted by molar-refractivity contribution is 5.83. The Labute approximate surface area is 220 Å². The molecule has 0 aliphatic carbocycles. The van der Waals surface area contributed by atoms with Gasteiger partial charge in [0.05, 0.1) is 18.1 Å². The number of hydrogen-bond acceptors (Lipinski definition) is 6. The number of H-pyrrole nitrogens is 1. The third kappa shape index (κ3) is 5.38. The van der Waals surface area contributed by atoms with Gasteiger partial charge in [-0.05, 0) is 82.6 Å². The molecule has 3 aromatic heterocycles. The molecular weight excluding hydrogens is 481 g/mol. The molecule has 0 aliphatic rings. The number of aromatic amines is 1. The molecule has 0 bridgehead atoms. The molecule has 0 saturated heterocycles. The lowest BCUT2D eigenvalue weighted by Gasteiger charge is -2.30. The van der Waals surface area contributed by atoms with E-state index < -0.39 is 0 Å². The molecule has 0 radical (unpaired) electrons. The number of tetrazole rings is 1. The topological polar surface area (TPSA) is 92.6 Å². The summed E-state index contributed by atoms with van der Waals surface area (Å²) in [5.74, 6) is 0.398. The number of aromatic nitrogens is 6. The molecule has 5 aromatic rings. The SMILES string of the molecule is CC[C@@H](c1nnnn1Cc1ccc(F)cc1)N(Cc1cccnc1)Cc1cc2ccc(C)c(C)c2[nH]c1=O. The number of halogens is 1. The number of fused-ring (bicyclic) bond motifs is 1. The molecule has 0 spiro atoms. The summed E-state index contributed by atoms with van der Waals surface area (Å²) >= 11 is 0. The van der Waals surface area contributed by atoms with Crippen LogP contribution in [0.5, 0.6) is 0 Å². The lowest BCUT2D eigenvalue weighted by atomic mass is 10.0. The molecule has 8 nitrogen and oxygen atoms in total. The van der Waals surface area contributed by atoms with E-state index in [-0.39, 0.29) is 17.4 Å². The van der Waals surface area contributed by atoms with Gasteiger partial charge < -0.3 is 4.98 Å². The molecule has 3 heterocycles. The van der Waals surface area contributed by atoms with Crippen molar-refractivity contribution in [2.24, 2.45) is 0 Å². The van der Waals surface area contributed by atoms with Crippen LogP contribution in [-0.2, 0) is 19.6 Å². The summed E-state index contributed by atoms with van der Waals surface area (Å²) in [6.45, 7) is 7.51. The van der Waals surface area contributed by atoms with E-state index >= 15 is 0 Å². The molecule has 1 N–H and O–H groups in total. The Bertz CT molecular complexity index is 1600. The summed E-state index contributed by atoms with van der Waals surface area (Å²) < 4.78 is 15.2. The second kappa shape index (κ2) is 11.0. The quantitative estimate of drug-likeness (QED) is 0.304. The number of nitrogens with one attached hydrogen (secondary N) is 1. The number of nitrogens with zero attached hydrogens (tertiary/aromatic N) is 6. The van der Waals surface area contributed by atoms with Gasteiger partial charge in [0.25, 0.3) is 5.56 Å². The molecule has 194 valence electrons. The fraction of sp³-hybridized carbons (Fsp3) is 0.276. The highest BCUT2D eigenvalue weighted by Crippen LogP contribution is 2.27. The Hall–Kier alpha value is -4.24. The van der Waals surface area contributed by atoms with Crippen molar-refractivity contribution in [2.75, 3.05) is 0 Å². The monoisotopic (exact) mass is 511 g/mol. The normalized spacial score (nSPS) is 12.3. The molecule has 0 saturated carbocycles. The average Bonchev–Trinajstić information content (AvgIpc) is 3.37. The zero-order valence-electron chi connectivity index (χ0n) is 21.7. The van der Waals surface area contributed by atoms with Gasteiger partial charge in [0.15, 0.2) is 5.82 Å². The number of rotatable bonds is 9. The Balaban J connectivity index is 1.52. The van der Waals surface area contributed by atoms with Crippen LogP contribution in [0, 0.1) is 19.7 Å². The molecule has 0 unspecified atom stereocenters. The van der Waals surface area contributed by atoms with Crippen LogP contribution in [0.4, 0.5) is 4.39 Å². The van der Waals surface area contributed by atoms with Gasteiger partial charge in [-0.25, -0.2) is 9.07 Å². The lowest BCUT2D eigenvalue weighted by Crippen LogP contribution is -2.32. The summed E-state index contributed by atoms with van der Waals surface area (Å²) in [6, 6.07) is 16.2. The Morgan fingerprint density at radius 1 is 1.05 bits per heavy atom. The van der Waals surface area contributed by atoms with Crippen molar-refractivity contribution in [1.29, 1.82) is 0 Å². The number of benzene rings is 2. The molecular formula is C29H30FN7O. The van der Waals surface area contributed by atoms with E-state index in [1.54, 1.807) is 23.0 Å². The Morgan fingerprint density at radius 2 is 1.87 bits per heavy atom. The van der Waals surface area contributed by atoms with Gasteiger partial charge in [-0.3, -0.25) is 14.7 Å². The van der Waals surface area contributed by atoms with Gasteiger partial charge in [-0.2, -0.15) is 0 Å². The van der Waals surface area contributed by atoms with Gasteiger partial charge in [0, 0.05) is 31.0 Å². The number of aryl methyl sites for hydroxylation is 2. The summed E-state index contributed by atoms with van der Waals surface area (Å²) in [4.78, 5) is 22.8. The Morgan fingerprint density at radius 3 is 2.61 bits per heavy atom. The number of pyridine rings is 2. The van der Waals surface area contributed by atoms with Crippen LogP contribution in [0.3, 0.4) is 0 Å². The van der Waals surface area contributed by atoms with Crippen LogP contribution in [0.15, 0.2) is 71.8 Å². The van der Waals surface area contributed by atoms with Crippen molar-refractivity contribution in [3.8, 4) is 0 Å². The molecule has 2 aromatic carbocycles. The third-order valence-corrected chi connectivity index (χ3v) is 7.04. The zero-order valence-corrected chi connectivity index (χ0v) is 21.7. The predicted molar refractivity (Wildman–Crippen MR) is 144 cm³/mol. The highest BCUT2D eigenvalue weighted by Gasteiger charge is 2.26. The lowest BCUT2D eigenvalue weighted by molar-refractivity contribution is 0.161. The summed E-state index contributed by atoms with van der Waals surface area (Å²) in [7, 11) is 0. The fourth-order valence-electron chi connectivity index (χ4n) is 4.84. The minimum atomic E-state index is -0.286. The maximum atomic E-state index is 13.4. The van der Waals surface area contributed by atoms with Gasteiger partial charge >= 0.3 is 0 Å². The van der Waals surface area contributed by atoms with Crippen molar-refractivity contribution < 1.29 is 4.39 Å². The van der Waals surface area contributed by atoms with E-state index in [1.165, 1.54) is 12.1 Å². The smallest absolute Gasteiger partial charge is 0.252 e. The molecule has 0 fully saturated rings. The van der Waals surface area contributed by atoms with E-state index in [0.29, 0.717) is 37.4 Å². The van der Waals surface area contributed by atoms with Gasteiger partial charge in [-0.15, -0.1) is 5.10 Å². The van der Waals surface area contributed by atoms with E-state index in [2.05, 4.69) is 43.4 Å². The second-order valence-corrected chi connectivity index (χ2v) is 9.61. The van der Waals surface area contributed by atoms with Crippen molar-refractivity contribution in [3.63, 3.8) is 0 Å². The standard InChI is InChI=1S/C29H30FN7O/c1-4-26(28-33-34-35-37(28)17-21-8-11-25(30)12-9-21)36(16-22-6-5-13-31-15-22)18-24-14-23-10-7-19(2)20(3)27(23)32-29(24)38/h5-15,26H,4,16-18H2,1-3H3,(H,32,38)/t26-/m0/s1. The van der Waals surface area contributed by atoms with Crippen LogP contribution in [0.2, 0.25) is 0 Å². The van der Waals surface area contributed by atoms with Crippen LogP contribution in [0.1, 0.15) is 53.0 Å². The van der Waals surface area contributed by atoms with Gasteiger partial charge in [-0.1, -0.05) is 37.3 Å². The van der Waals surface area contributed by atoms with Crippen LogP contribution < -0.4 is 5.56 Å². The molecule has 0 amide bonds. The first kappa shape index (κ1) is 25.4. The first-order valence-electron chi connectivity index (χ1n) is 12.7. The van der Waals surface area contributed by atoms with E-state index in [0.717, 1.165) is 33.2 Å². The zero-order chi connectivity index (χ0) is 26.6. The first-order valence-corrected chi connectivity index (χ1v) is 12.7. The minimum Gasteiger partial charge on any atom is -0.321 e. The van der Waals surface area contributed by atoms with E-state index in [4.69, 9.17) is 0 Å². The maximum Gasteiger partial charge on any atom is 0.252 e. The maximum absolute atomic E-state index is 13.4. The summed E-state index contributed by atoms with van der Waals surface area (Å²) in [5.41, 5.74) is 5.55. The summed E-state index contributed by atoms with van der Waals surface area (Å²) in [6.07, 6.45) is 4.29. The second-order valence-electron chi connectivity index (χ2n) is 9.61. The molecule has 1 atom stereocenters. The highest BCUT2D eigenvalue weighted by atomic mass is 19.1. The van der Waals surface area contributed by atoms with Crippen LogP contribution in [0.25, 0.3) is 10.9 Å². The largest absolute Gasteiger partial charge is 0.321 e. The van der Waals surface area contributed by atoms with Gasteiger partial charge in [0.2, 0.25) is 0 Å². The fourth-order valence-corrected chi connectivity index (χ4v) is 4.84. The number of hydrogen-bond donors (Lipinski definition) is 1. The Kier molecular flexibility index (Phi) is 7.37. The third-order valence-electron chi connectivity index (χ3n) is 7.04. The molecule has 9 heteroatoms. The van der Waals surface area contributed by atoms with Crippen molar-refractivity contribution in [3.05, 3.63) is 117 Å². The molecule has 0 aliphatic heterocycles. The van der Waals surface area contributed by atoms with Crippen LogP contribution >= 0.6 is 0 Å². The van der Waals surface area contributed by atoms with E-state index in [1.807, 2.05) is 44.3 Å².